The van der Waals surface area contributed by atoms with Gasteiger partial charge in [-0.25, -0.2) is 0 Å². The minimum absolute atomic E-state index is 0.0287. The van der Waals surface area contributed by atoms with Crippen LogP contribution in [-0.4, -0.2) is 43.9 Å². The highest BCUT2D eigenvalue weighted by Gasteiger charge is 2.24. The zero-order valence-corrected chi connectivity index (χ0v) is 27.5. The molecule has 0 radical (unpaired) electrons. The van der Waals surface area contributed by atoms with Gasteiger partial charge in [0.25, 0.3) is 0 Å². The molecule has 1 aliphatic carbocycles. The van der Waals surface area contributed by atoms with Gasteiger partial charge in [-0.3, -0.25) is 9.98 Å². The van der Waals surface area contributed by atoms with Gasteiger partial charge in [0.15, 0.2) is 0 Å². The SMILES string of the molecule is Oc1c(C=NC2CCCCC2N=Cc2cccc(-n3c4ccccc4c4ccccc43)c2O)cccc1-n1c2ccccc2c2ccccc21. The van der Waals surface area contributed by atoms with E-state index >= 15 is 0 Å². The van der Waals surface area contributed by atoms with Crippen LogP contribution in [0.25, 0.3) is 55.0 Å². The second-order valence-electron chi connectivity index (χ2n) is 13.1. The van der Waals surface area contributed by atoms with Crippen molar-refractivity contribution in [2.24, 2.45) is 9.98 Å². The predicted octanol–water partition coefficient (Wildman–Crippen LogP) is 10.1. The lowest BCUT2D eigenvalue weighted by Crippen LogP contribution is -2.27. The minimum atomic E-state index is -0.0287. The van der Waals surface area contributed by atoms with Crippen LogP contribution in [0.15, 0.2) is 143 Å². The van der Waals surface area contributed by atoms with Crippen molar-refractivity contribution in [1.29, 1.82) is 0 Å². The fourth-order valence-corrected chi connectivity index (χ4v) is 7.82. The van der Waals surface area contributed by atoms with E-state index in [0.29, 0.717) is 11.1 Å². The maximum absolute atomic E-state index is 11.6. The van der Waals surface area contributed by atoms with Crippen molar-refractivity contribution < 1.29 is 10.2 Å². The fraction of sp³-hybridized carbons (Fsp3) is 0.136. The van der Waals surface area contributed by atoms with Gasteiger partial charge in [-0.2, -0.15) is 0 Å². The zero-order chi connectivity index (χ0) is 33.6. The third-order valence-electron chi connectivity index (χ3n) is 10.2. The number of para-hydroxylation sites is 6. The van der Waals surface area contributed by atoms with E-state index in [0.717, 1.165) is 80.7 Å². The van der Waals surface area contributed by atoms with Crippen molar-refractivity contribution in [2.75, 3.05) is 0 Å². The topological polar surface area (TPSA) is 75.0 Å². The minimum Gasteiger partial charge on any atom is -0.505 e. The summed E-state index contributed by atoms with van der Waals surface area (Å²) in [5, 5.41) is 27.8. The highest BCUT2D eigenvalue weighted by molar-refractivity contribution is 6.10. The summed E-state index contributed by atoms with van der Waals surface area (Å²) in [6.07, 6.45) is 7.61. The smallest absolute Gasteiger partial charge is 0.148 e. The van der Waals surface area contributed by atoms with E-state index < -0.39 is 0 Å². The van der Waals surface area contributed by atoms with Gasteiger partial charge < -0.3 is 19.3 Å². The molecule has 2 N–H and O–H groups in total. The fourth-order valence-electron chi connectivity index (χ4n) is 7.82. The molecule has 6 aromatic carbocycles. The molecule has 50 heavy (non-hydrogen) atoms. The number of aromatic hydroxyl groups is 2. The van der Waals surface area contributed by atoms with Crippen molar-refractivity contribution in [3.05, 3.63) is 145 Å². The lowest BCUT2D eigenvalue weighted by molar-refractivity contribution is 0.390. The lowest BCUT2D eigenvalue weighted by atomic mass is 9.91. The first-order valence-electron chi connectivity index (χ1n) is 17.3. The monoisotopic (exact) mass is 652 g/mol. The second kappa shape index (κ2) is 12.4. The molecule has 1 aliphatic rings. The second-order valence-corrected chi connectivity index (χ2v) is 13.1. The molecule has 6 heteroatoms. The standard InChI is InChI=1S/C44H36N4O2/c49-43-29(13-11-25-41(43)47-37-21-7-1-15-31(37)32-16-2-8-22-38(32)47)27-45-35-19-5-6-20-36(35)46-28-30-14-12-26-42(44(30)50)48-39-23-9-3-17-33(39)34-18-4-10-24-40(34)48/h1-4,7-18,21-28,35-36,49-50H,5-6,19-20H2. The number of aromatic nitrogens is 2. The van der Waals surface area contributed by atoms with Crippen molar-refractivity contribution >= 4 is 56.0 Å². The van der Waals surface area contributed by atoms with E-state index in [9.17, 15) is 10.2 Å². The molecule has 2 heterocycles. The molecule has 2 atom stereocenters. The Morgan fingerprint density at radius 2 is 0.780 bits per heavy atom. The highest BCUT2D eigenvalue weighted by Crippen LogP contribution is 2.38. The molecule has 1 saturated carbocycles. The Kier molecular flexibility index (Phi) is 7.42. The largest absolute Gasteiger partial charge is 0.505 e. The Balaban J connectivity index is 1.03. The maximum atomic E-state index is 11.6. The summed E-state index contributed by atoms with van der Waals surface area (Å²) in [5.74, 6) is 0.399. The molecule has 0 spiro atoms. The van der Waals surface area contributed by atoms with Crippen LogP contribution in [0.4, 0.5) is 0 Å². The van der Waals surface area contributed by atoms with E-state index in [2.05, 4.69) is 81.9 Å². The van der Waals surface area contributed by atoms with E-state index in [1.807, 2.05) is 73.1 Å². The first-order valence-corrected chi connectivity index (χ1v) is 17.3. The summed E-state index contributed by atoms with van der Waals surface area (Å²) in [6, 6.07) is 44.8. The summed E-state index contributed by atoms with van der Waals surface area (Å²) >= 11 is 0. The van der Waals surface area contributed by atoms with Crippen LogP contribution in [0.2, 0.25) is 0 Å². The number of phenolic OH excluding ortho intramolecular Hbond substituents is 2. The lowest BCUT2D eigenvalue weighted by Gasteiger charge is -2.25. The molecule has 8 aromatic rings. The number of hydrogen-bond acceptors (Lipinski definition) is 4. The van der Waals surface area contributed by atoms with Crippen LogP contribution in [0.1, 0.15) is 36.8 Å². The summed E-state index contributed by atoms with van der Waals surface area (Å²) in [7, 11) is 0. The normalized spacial score (nSPS) is 16.9. The van der Waals surface area contributed by atoms with Crippen LogP contribution in [0.5, 0.6) is 11.5 Å². The van der Waals surface area contributed by atoms with Gasteiger partial charge in [0, 0.05) is 45.1 Å². The number of rotatable bonds is 6. The number of benzene rings is 6. The molecule has 1 fully saturated rings. The highest BCUT2D eigenvalue weighted by atomic mass is 16.3. The summed E-state index contributed by atoms with van der Waals surface area (Å²) in [4.78, 5) is 10.1. The molecule has 244 valence electrons. The van der Waals surface area contributed by atoms with Crippen molar-refractivity contribution in [3.63, 3.8) is 0 Å². The predicted molar refractivity (Wildman–Crippen MR) is 206 cm³/mol. The average molecular weight is 653 g/mol. The number of fused-ring (bicyclic) bond motifs is 6. The molecule has 0 bridgehead atoms. The Labute approximate surface area is 289 Å². The van der Waals surface area contributed by atoms with Crippen LogP contribution in [-0.2, 0) is 0 Å². The molecule has 2 unspecified atom stereocenters. The van der Waals surface area contributed by atoms with Crippen molar-refractivity contribution in [2.45, 2.75) is 37.8 Å². The third kappa shape index (κ3) is 4.95. The molecular weight excluding hydrogens is 617 g/mol. The summed E-state index contributed by atoms with van der Waals surface area (Å²) in [5.41, 5.74) is 6.99. The Hall–Kier alpha value is -6.14. The van der Waals surface area contributed by atoms with Gasteiger partial charge >= 0.3 is 0 Å². The molecule has 9 rings (SSSR count). The van der Waals surface area contributed by atoms with Gasteiger partial charge in [0.1, 0.15) is 11.5 Å². The third-order valence-corrected chi connectivity index (χ3v) is 10.2. The summed E-state index contributed by atoms with van der Waals surface area (Å²) < 4.78 is 4.26. The van der Waals surface area contributed by atoms with Crippen molar-refractivity contribution in [3.8, 4) is 22.9 Å². The van der Waals surface area contributed by atoms with Crippen LogP contribution >= 0.6 is 0 Å². The number of aliphatic imine (C=N–C) groups is 2. The Morgan fingerprint density at radius 3 is 1.14 bits per heavy atom. The van der Waals surface area contributed by atoms with Crippen LogP contribution in [0, 0.1) is 0 Å². The van der Waals surface area contributed by atoms with Gasteiger partial charge in [0.05, 0.1) is 45.5 Å². The van der Waals surface area contributed by atoms with Gasteiger partial charge in [-0.15, -0.1) is 0 Å². The van der Waals surface area contributed by atoms with Crippen LogP contribution in [0.3, 0.4) is 0 Å². The molecular formula is C44H36N4O2. The average Bonchev–Trinajstić information content (AvgIpc) is 3.67. The van der Waals surface area contributed by atoms with Crippen LogP contribution < -0.4 is 0 Å². The van der Waals surface area contributed by atoms with E-state index in [-0.39, 0.29) is 23.6 Å². The zero-order valence-electron chi connectivity index (χ0n) is 27.5. The van der Waals surface area contributed by atoms with Gasteiger partial charge in [-0.05, 0) is 61.4 Å². The Bertz CT molecular complexity index is 2320. The Morgan fingerprint density at radius 1 is 0.440 bits per heavy atom. The first kappa shape index (κ1) is 30.0. The quantitative estimate of drug-likeness (QED) is 0.175. The first-order chi connectivity index (χ1) is 24.7. The van der Waals surface area contributed by atoms with Gasteiger partial charge in [0.2, 0.25) is 0 Å². The molecule has 0 aliphatic heterocycles. The number of hydrogen-bond donors (Lipinski definition) is 2. The molecule has 2 aromatic heterocycles. The number of phenols is 2. The van der Waals surface area contributed by atoms with Crippen molar-refractivity contribution in [1.82, 2.24) is 9.13 Å². The maximum Gasteiger partial charge on any atom is 0.148 e. The molecule has 6 nitrogen and oxygen atoms in total. The van der Waals surface area contributed by atoms with E-state index in [1.165, 1.54) is 0 Å². The molecule has 0 amide bonds. The van der Waals surface area contributed by atoms with E-state index in [4.69, 9.17) is 9.98 Å². The molecule has 0 saturated heterocycles. The van der Waals surface area contributed by atoms with Gasteiger partial charge in [-0.1, -0.05) is 97.8 Å². The number of nitrogens with zero attached hydrogens (tertiary/aromatic N) is 4. The summed E-state index contributed by atoms with van der Waals surface area (Å²) in [6.45, 7) is 0. The van der Waals surface area contributed by atoms with E-state index in [1.54, 1.807) is 0 Å².